The number of carbonyl (C=O) groups excluding carboxylic acids is 1. The van der Waals surface area contributed by atoms with Gasteiger partial charge in [-0.3, -0.25) is 9.78 Å². The van der Waals surface area contributed by atoms with E-state index in [1.54, 1.807) is 17.5 Å². The van der Waals surface area contributed by atoms with Gasteiger partial charge in [-0.05, 0) is 17.7 Å². The monoisotopic (exact) mass is 323 g/mol. The van der Waals surface area contributed by atoms with Gasteiger partial charge in [-0.25, -0.2) is 4.98 Å². The molecule has 0 unspecified atom stereocenters. The summed E-state index contributed by atoms with van der Waals surface area (Å²) in [5, 5.41) is 5.88. The Morgan fingerprint density at radius 3 is 2.65 bits per heavy atom. The summed E-state index contributed by atoms with van der Waals surface area (Å²) < 4.78 is 0. The molecule has 116 valence electrons. The third kappa shape index (κ3) is 4.47. The average Bonchev–Trinajstić information content (AvgIpc) is 3.09. The highest BCUT2D eigenvalue weighted by molar-refractivity contribution is 7.09. The smallest absolute Gasteiger partial charge is 0.220 e. The highest BCUT2D eigenvalue weighted by Crippen LogP contribution is 2.20. The van der Waals surface area contributed by atoms with Crippen LogP contribution in [0.5, 0.6) is 0 Å². The highest BCUT2D eigenvalue weighted by atomic mass is 32.1. The van der Waals surface area contributed by atoms with E-state index in [2.05, 4.69) is 15.3 Å². The Balaban J connectivity index is 1.49. The normalized spacial score (nSPS) is 10.4. The van der Waals surface area contributed by atoms with E-state index in [9.17, 15) is 4.79 Å². The van der Waals surface area contributed by atoms with Gasteiger partial charge in [0.2, 0.25) is 5.91 Å². The molecule has 3 rings (SSSR count). The molecular formula is C18H17N3OS. The Bertz CT molecular complexity index is 756. The number of amides is 1. The highest BCUT2D eigenvalue weighted by Gasteiger charge is 2.08. The maximum atomic E-state index is 11.9. The third-order valence-electron chi connectivity index (χ3n) is 3.38. The molecule has 0 fully saturated rings. The van der Waals surface area contributed by atoms with Crippen molar-refractivity contribution in [3.63, 3.8) is 0 Å². The average molecular weight is 323 g/mol. The fourth-order valence-electron chi connectivity index (χ4n) is 2.16. The van der Waals surface area contributed by atoms with Crippen LogP contribution in [-0.2, 0) is 17.8 Å². The lowest BCUT2D eigenvalue weighted by molar-refractivity contribution is -0.121. The lowest BCUT2D eigenvalue weighted by Crippen LogP contribution is -2.22. The number of carbonyl (C=O) groups is 1. The molecule has 23 heavy (non-hydrogen) atoms. The number of thiazole rings is 1. The second-order valence-corrected chi connectivity index (χ2v) is 6.05. The summed E-state index contributed by atoms with van der Waals surface area (Å²) in [4.78, 5) is 20.8. The number of aromatic nitrogens is 2. The zero-order chi connectivity index (χ0) is 15.9. The summed E-state index contributed by atoms with van der Waals surface area (Å²) in [6.45, 7) is 0.566. The molecule has 0 atom stereocenters. The molecule has 4 nitrogen and oxygen atoms in total. The first-order valence-electron chi connectivity index (χ1n) is 7.48. The summed E-state index contributed by atoms with van der Waals surface area (Å²) in [7, 11) is 0. The van der Waals surface area contributed by atoms with Crippen LogP contribution >= 0.6 is 11.3 Å². The number of aryl methyl sites for hydroxylation is 1. The molecule has 0 aliphatic carbocycles. The largest absolute Gasteiger partial charge is 0.352 e. The number of nitrogens with one attached hydrogen (secondary N) is 1. The first kappa shape index (κ1) is 15.4. The molecule has 1 amide bonds. The van der Waals surface area contributed by atoms with Crippen molar-refractivity contribution >= 4 is 17.2 Å². The standard InChI is InChI=1S/C18H17N3OS/c22-17(20-12-14-6-2-1-3-7-14)9-10-18-21-16(13-23-18)15-8-4-5-11-19-15/h1-8,11,13H,9-10,12H2,(H,20,22). The minimum atomic E-state index is 0.0449. The zero-order valence-electron chi connectivity index (χ0n) is 12.6. The summed E-state index contributed by atoms with van der Waals surface area (Å²) in [6.07, 6.45) is 2.85. The first-order chi connectivity index (χ1) is 11.3. The summed E-state index contributed by atoms with van der Waals surface area (Å²) >= 11 is 1.57. The van der Waals surface area contributed by atoms with E-state index in [1.165, 1.54) is 0 Å². The van der Waals surface area contributed by atoms with Crippen molar-refractivity contribution in [2.75, 3.05) is 0 Å². The molecule has 5 heteroatoms. The van der Waals surface area contributed by atoms with Crippen LogP contribution in [0, 0.1) is 0 Å². The van der Waals surface area contributed by atoms with Crippen molar-refractivity contribution in [2.45, 2.75) is 19.4 Å². The number of benzene rings is 1. The lowest BCUT2D eigenvalue weighted by Gasteiger charge is -2.04. The van der Waals surface area contributed by atoms with Crippen molar-refractivity contribution in [2.24, 2.45) is 0 Å². The van der Waals surface area contributed by atoms with Crippen LogP contribution in [0.3, 0.4) is 0 Å². The Hall–Kier alpha value is -2.53. The topological polar surface area (TPSA) is 54.9 Å². The maximum absolute atomic E-state index is 11.9. The van der Waals surface area contributed by atoms with Gasteiger partial charge >= 0.3 is 0 Å². The van der Waals surface area contributed by atoms with Crippen molar-refractivity contribution in [1.82, 2.24) is 15.3 Å². The Morgan fingerprint density at radius 2 is 1.87 bits per heavy atom. The fourth-order valence-corrected chi connectivity index (χ4v) is 2.96. The molecule has 2 aromatic heterocycles. The number of hydrogen-bond donors (Lipinski definition) is 1. The van der Waals surface area contributed by atoms with Crippen molar-refractivity contribution in [3.05, 3.63) is 70.7 Å². The van der Waals surface area contributed by atoms with Gasteiger partial charge in [0.25, 0.3) is 0 Å². The maximum Gasteiger partial charge on any atom is 0.220 e. The van der Waals surface area contributed by atoms with Gasteiger partial charge < -0.3 is 5.32 Å². The van der Waals surface area contributed by atoms with Crippen LogP contribution in [0.25, 0.3) is 11.4 Å². The molecule has 0 radical (unpaired) electrons. The van der Waals surface area contributed by atoms with Gasteiger partial charge in [0.05, 0.1) is 16.4 Å². The molecule has 1 aromatic carbocycles. The van der Waals surface area contributed by atoms with Crippen LogP contribution in [-0.4, -0.2) is 15.9 Å². The van der Waals surface area contributed by atoms with Crippen molar-refractivity contribution in [1.29, 1.82) is 0 Å². The molecule has 0 aliphatic heterocycles. The van der Waals surface area contributed by atoms with Gasteiger partial charge in [-0.2, -0.15) is 0 Å². The predicted octanol–water partition coefficient (Wildman–Crippen LogP) is 3.45. The van der Waals surface area contributed by atoms with Gasteiger partial charge in [-0.15, -0.1) is 11.3 Å². The number of hydrogen-bond acceptors (Lipinski definition) is 4. The zero-order valence-corrected chi connectivity index (χ0v) is 13.4. The molecule has 0 saturated heterocycles. The molecule has 1 N–H and O–H groups in total. The van der Waals surface area contributed by atoms with E-state index in [0.717, 1.165) is 22.0 Å². The van der Waals surface area contributed by atoms with Crippen molar-refractivity contribution in [3.8, 4) is 11.4 Å². The van der Waals surface area contributed by atoms with E-state index < -0.39 is 0 Å². The Kier molecular flexibility index (Phi) is 5.11. The minimum absolute atomic E-state index is 0.0449. The number of nitrogens with zero attached hydrogens (tertiary/aromatic N) is 2. The molecule has 3 aromatic rings. The van der Waals surface area contributed by atoms with Crippen LogP contribution in [0.2, 0.25) is 0 Å². The SMILES string of the molecule is O=C(CCc1nc(-c2ccccn2)cs1)NCc1ccccc1. The third-order valence-corrected chi connectivity index (χ3v) is 4.29. The Morgan fingerprint density at radius 1 is 1.04 bits per heavy atom. The van der Waals surface area contributed by atoms with Crippen LogP contribution in [0.4, 0.5) is 0 Å². The lowest BCUT2D eigenvalue weighted by atomic mass is 10.2. The van der Waals surface area contributed by atoms with Crippen molar-refractivity contribution < 1.29 is 4.79 Å². The van der Waals surface area contributed by atoms with Gasteiger partial charge in [0.1, 0.15) is 0 Å². The quantitative estimate of drug-likeness (QED) is 0.756. The van der Waals surface area contributed by atoms with E-state index >= 15 is 0 Å². The molecule has 0 bridgehead atoms. The summed E-state index contributed by atoms with van der Waals surface area (Å²) in [5.41, 5.74) is 2.84. The number of pyridine rings is 1. The predicted molar refractivity (Wildman–Crippen MR) is 92.0 cm³/mol. The van der Waals surface area contributed by atoms with E-state index in [4.69, 9.17) is 0 Å². The summed E-state index contributed by atoms with van der Waals surface area (Å²) in [5.74, 6) is 0.0449. The second-order valence-electron chi connectivity index (χ2n) is 5.10. The second kappa shape index (κ2) is 7.65. The molecule has 0 saturated carbocycles. The van der Waals surface area contributed by atoms with Gasteiger partial charge in [0, 0.05) is 31.0 Å². The van der Waals surface area contributed by atoms with Gasteiger partial charge in [-0.1, -0.05) is 36.4 Å². The molecular weight excluding hydrogens is 306 g/mol. The van der Waals surface area contributed by atoms with Crippen LogP contribution < -0.4 is 5.32 Å². The Labute approximate surface area is 139 Å². The number of rotatable bonds is 6. The van der Waals surface area contributed by atoms with Crippen LogP contribution in [0.15, 0.2) is 60.1 Å². The summed E-state index contributed by atoms with van der Waals surface area (Å²) in [6, 6.07) is 15.7. The van der Waals surface area contributed by atoms with Gasteiger partial charge in [0.15, 0.2) is 0 Å². The van der Waals surface area contributed by atoms with Crippen LogP contribution in [0.1, 0.15) is 17.0 Å². The van der Waals surface area contributed by atoms with E-state index in [0.29, 0.717) is 19.4 Å². The molecule has 0 spiro atoms. The molecule has 0 aliphatic rings. The molecule has 2 heterocycles. The minimum Gasteiger partial charge on any atom is -0.352 e. The van der Waals surface area contributed by atoms with E-state index in [-0.39, 0.29) is 5.91 Å². The van der Waals surface area contributed by atoms with E-state index in [1.807, 2.05) is 53.9 Å². The first-order valence-corrected chi connectivity index (χ1v) is 8.35. The fraction of sp³-hybridized carbons (Fsp3) is 0.167.